The summed E-state index contributed by atoms with van der Waals surface area (Å²) in [7, 11) is 3.51. The molecule has 7 heteroatoms. The number of hydrazine groups is 1. The lowest BCUT2D eigenvalue weighted by Crippen LogP contribution is -2.46. The number of aromatic nitrogens is 1. The third-order valence-corrected chi connectivity index (χ3v) is 3.66. The number of hydrogen-bond donors (Lipinski definition) is 1. The standard InChI is InChI=1S/C11H18N4O2S/c1-14-3-5-15(6-4-14)13-11-12-9(8-18-11)7-10(16)17-2/h8H,3-7H2,1-2H3,(H,12,13). The monoisotopic (exact) mass is 270 g/mol. The number of ether oxygens (including phenoxy) is 1. The van der Waals surface area contributed by atoms with E-state index in [-0.39, 0.29) is 12.4 Å². The summed E-state index contributed by atoms with van der Waals surface area (Å²) in [5, 5.41) is 4.87. The number of piperazine rings is 1. The predicted molar refractivity (Wildman–Crippen MR) is 70.5 cm³/mol. The number of methoxy groups -OCH3 is 1. The van der Waals surface area contributed by atoms with E-state index in [0.29, 0.717) is 0 Å². The number of esters is 1. The molecular formula is C11H18N4O2S. The maximum Gasteiger partial charge on any atom is 0.311 e. The molecule has 1 aromatic heterocycles. The Morgan fingerprint density at radius 3 is 2.89 bits per heavy atom. The topological polar surface area (TPSA) is 57.7 Å². The van der Waals surface area contributed by atoms with Crippen LogP contribution in [-0.4, -0.2) is 61.2 Å². The number of nitrogens with zero attached hydrogens (tertiary/aromatic N) is 3. The van der Waals surface area contributed by atoms with Crippen LogP contribution in [0, 0.1) is 0 Å². The van der Waals surface area contributed by atoms with E-state index < -0.39 is 0 Å². The Morgan fingerprint density at radius 2 is 2.22 bits per heavy atom. The molecule has 0 unspecified atom stereocenters. The zero-order valence-electron chi connectivity index (χ0n) is 10.7. The highest BCUT2D eigenvalue weighted by molar-refractivity contribution is 7.13. The fourth-order valence-electron chi connectivity index (χ4n) is 1.71. The minimum absolute atomic E-state index is 0.234. The second kappa shape index (κ2) is 6.12. The normalized spacial score (nSPS) is 17.7. The van der Waals surface area contributed by atoms with Crippen LogP contribution in [0.5, 0.6) is 0 Å². The first-order valence-electron chi connectivity index (χ1n) is 5.89. The SMILES string of the molecule is COC(=O)Cc1csc(NN2CCN(C)CC2)n1. The van der Waals surface area contributed by atoms with Crippen LogP contribution in [-0.2, 0) is 16.0 Å². The van der Waals surface area contributed by atoms with Crippen molar-refractivity contribution in [3.05, 3.63) is 11.1 Å². The van der Waals surface area contributed by atoms with Crippen molar-refractivity contribution in [1.82, 2.24) is 14.9 Å². The third kappa shape index (κ3) is 3.66. The van der Waals surface area contributed by atoms with E-state index in [1.54, 1.807) is 0 Å². The van der Waals surface area contributed by atoms with Crippen LogP contribution in [0.25, 0.3) is 0 Å². The summed E-state index contributed by atoms with van der Waals surface area (Å²) in [6.45, 7) is 4.05. The molecule has 1 aliphatic heterocycles. The van der Waals surface area contributed by atoms with Crippen LogP contribution in [0.2, 0.25) is 0 Å². The fraction of sp³-hybridized carbons (Fsp3) is 0.636. The number of carbonyl (C=O) groups is 1. The summed E-state index contributed by atoms with van der Waals surface area (Å²) in [5.41, 5.74) is 4.03. The lowest BCUT2D eigenvalue weighted by molar-refractivity contribution is -0.139. The molecule has 1 aliphatic rings. The largest absolute Gasteiger partial charge is 0.469 e. The molecule has 0 spiro atoms. The van der Waals surface area contributed by atoms with Gasteiger partial charge in [-0.1, -0.05) is 0 Å². The van der Waals surface area contributed by atoms with E-state index in [9.17, 15) is 4.79 Å². The molecule has 0 atom stereocenters. The number of carbonyl (C=O) groups excluding carboxylic acids is 1. The molecule has 1 saturated heterocycles. The minimum Gasteiger partial charge on any atom is -0.469 e. The van der Waals surface area contributed by atoms with Crippen LogP contribution in [0.1, 0.15) is 5.69 Å². The Kier molecular flexibility index (Phi) is 4.51. The molecule has 1 N–H and O–H groups in total. The summed E-state index contributed by atoms with van der Waals surface area (Å²) in [6, 6.07) is 0. The second-order valence-electron chi connectivity index (χ2n) is 4.30. The molecule has 1 aromatic rings. The Bertz CT molecular complexity index is 402. The van der Waals surface area contributed by atoms with Crippen molar-refractivity contribution in [2.45, 2.75) is 6.42 Å². The first-order valence-corrected chi connectivity index (χ1v) is 6.76. The number of rotatable bonds is 4. The molecule has 1 fully saturated rings. The Labute approximate surface area is 111 Å². The van der Waals surface area contributed by atoms with Gasteiger partial charge in [-0.05, 0) is 7.05 Å². The van der Waals surface area contributed by atoms with Crippen molar-refractivity contribution in [3.8, 4) is 0 Å². The van der Waals surface area contributed by atoms with Gasteiger partial charge in [0, 0.05) is 31.6 Å². The van der Waals surface area contributed by atoms with Gasteiger partial charge in [0.25, 0.3) is 0 Å². The van der Waals surface area contributed by atoms with Crippen molar-refractivity contribution in [3.63, 3.8) is 0 Å². The lowest BCUT2D eigenvalue weighted by atomic mass is 10.3. The smallest absolute Gasteiger partial charge is 0.311 e. The van der Waals surface area contributed by atoms with Crippen molar-refractivity contribution in [1.29, 1.82) is 0 Å². The highest BCUT2D eigenvalue weighted by Gasteiger charge is 2.15. The number of thiazole rings is 1. The molecule has 6 nitrogen and oxygen atoms in total. The number of likely N-dealkylation sites (N-methyl/N-ethyl adjacent to an activating group) is 1. The number of anilines is 1. The van der Waals surface area contributed by atoms with Gasteiger partial charge < -0.3 is 9.64 Å². The van der Waals surface area contributed by atoms with Gasteiger partial charge in [-0.3, -0.25) is 10.2 Å². The van der Waals surface area contributed by atoms with Gasteiger partial charge in [0.05, 0.1) is 19.2 Å². The Hall–Kier alpha value is -1.18. The predicted octanol–water partition coefficient (Wildman–Crippen LogP) is 0.433. The van der Waals surface area contributed by atoms with Gasteiger partial charge in [-0.2, -0.15) is 0 Å². The van der Waals surface area contributed by atoms with Crippen molar-refractivity contribution < 1.29 is 9.53 Å². The quantitative estimate of drug-likeness (QED) is 0.801. The molecular weight excluding hydrogens is 252 g/mol. The molecule has 100 valence electrons. The Morgan fingerprint density at radius 1 is 1.50 bits per heavy atom. The van der Waals surface area contributed by atoms with Gasteiger partial charge in [-0.15, -0.1) is 11.3 Å². The molecule has 0 aromatic carbocycles. The maximum absolute atomic E-state index is 11.1. The van der Waals surface area contributed by atoms with Crippen molar-refractivity contribution in [2.24, 2.45) is 0 Å². The van der Waals surface area contributed by atoms with Crippen molar-refractivity contribution >= 4 is 22.4 Å². The van der Waals surface area contributed by atoms with Gasteiger partial charge >= 0.3 is 5.97 Å². The zero-order chi connectivity index (χ0) is 13.0. The highest BCUT2D eigenvalue weighted by Crippen LogP contribution is 2.17. The van der Waals surface area contributed by atoms with Gasteiger partial charge in [-0.25, -0.2) is 9.99 Å². The van der Waals surface area contributed by atoms with Crippen molar-refractivity contribution in [2.75, 3.05) is 45.8 Å². The third-order valence-electron chi connectivity index (χ3n) is 2.86. The molecule has 0 bridgehead atoms. The summed E-state index contributed by atoms with van der Waals surface area (Å²) < 4.78 is 4.61. The van der Waals surface area contributed by atoms with Crippen LogP contribution in [0.15, 0.2) is 5.38 Å². The average molecular weight is 270 g/mol. The maximum atomic E-state index is 11.1. The van der Waals surface area contributed by atoms with E-state index in [4.69, 9.17) is 0 Å². The number of nitrogens with one attached hydrogen (secondary N) is 1. The van der Waals surface area contributed by atoms with E-state index in [1.807, 2.05) is 5.38 Å². The fourth-order valence-corrected chi connectivity index (χ4v) is 2.45. The first-order chi connectivity index (χ1) is 8.67. The molecule has 0 saturated carbocycles. The van der Waals surface area contributed by atoms with E-state index in [0.717, 1.165) is 37.0 Å². The molecule has 2 heterocycles. The highest BCUT2D eigenvalue weighted by atomic mass is 32.1. The number of hydrogen-bond acceptors (Lipinski definition) is 7. The van der Waals surface area contributed by atoms with Gasteiger partial charge in [0.1, 0.15) is 0 Å². The van der Waals surface area contributed by atoms with Crippen LogP contribution in [0.3, 0.4) is 0 Å². The summed E-state index contributed by atoms with van der Waals surface area (Å²) >= 11 is 1.51. The summed E-state index contributed by atoms with van der Waals surface area (Å²) in [6.07, 6.45) is 0.234. The van der Waals surface area contributed by atoms with Crippen LogP contribution in [0.4, 0.5) is 5.13 Å². The summed E-state index contributed by atoms with van der Waals surface area (Å²) in [4.78, 5) is 17.8. The molecule has 18 heavy (non-hydrogen) atoms. The lowest BCUT2D eigenvalue weighted by Gasteiger charge is -2.32. The van der Waals surface area contributed by atoms with E-state index in [2.05, 4.69) is 32.1 Å². The Balaban J connectivity index is 1.84. The summed E-state index contributed by atoms with van der Waals surface area (Å²) in [5.74, 6) is -0.258. The van der Waals surface area contributed by atoms with E-state index >= 15 is 0 Å². The molecule has 0 amide bonds. The van der Waals surface area contributed by atoms with Crippen LogP contribution < -0.4 is 5.43 Å². The first kappa shape index (κ1) is 13.3. The second-order valence-corrected chi connectivity index (χ2v) is 5.16. The van der Waals surface area contributed by atoms with E-state index in [1.165, 1.54) is 18.4 Å². The molecule has 2 rings (SSSR count). The van der Waals surface area contributed by atoms with Gasteiger partial charge in [0.15, 0.2) is 5.13 Å². The minimum atomic E-state index is -0.258. The molecule has 0 radical (unpaired) electrons. The van der Waals surface area contributed by atoms with Gasteiger partial charge in [0.2, 0.25) is 0 Å². The molecule has 0 aliphatic carbocycles. The zero-order valence-corrected chi connectivity index (χ0v) is 11.5. The van der Waals surface area contributed by atoms with Crippen LogP contribution >= 0.6 is 11.3 Å². The average Bonchev–Trinajstić information content (AvgIpc) is 2.79.